The van der Waals surface area contributed by atoms with Gasteiger partial charge in [-0.15, -0.1) is 0 Å². The van der Waals surface area contributed by atoms with Gasteiger partial charge >= 0.3 is 11.9 Å². The second-order valence-electron chi connectivity index (χ2n) is 6.05. The summed E-state index contributed by atoms with van der Waals surface area (Å²) in [4.78, 5) is 37.9. The Kier molecular flexibility index (Phi) is 5.66. The number of hydrogen-bond acceptors (Lipinski definition) is 6. The van der Waals surface area contributed by atoms with Gasteiger partial charge in [0.15, 0.2) is 0 Å². The van der Waals surface area contributed by atoms with Crippen LogP contribution in [0.1, 0.15) is 38.3 Å². The van der Waals surface area contributed by atoms with Crippen molar-refractivity contribution in [2.45, 2.75) is 44.6 Å². The fourth-order valence-electron chi connectivity index (χ4n) is 3.58. The number of nitriles is 1. The van der Waals surface area contributed by atoms with Crippen LogP contribution in [0.4, 0.5) is 0 Å². The van der Waals surface area contributed by atoms with E-state index in [0.29, 0.717) is 12.0 Å². The molecule has 0 aromatic heterocycles. The minimum Gasteiger partial charge on any atom is -0.464 e. The Bertz CT molecular complexity index is 749. The van der Waals surface area contributed by atoms with Gasteiger partial charge in [0, 0.05) is 6.92 Å². The fraction of sp³-hybridized carbons (Fsp3) is 0.474. The molecule has 1 aliphatic rings. The van der Waals surface area contributed by atoms with Gasteiger partial charge < -0.3 is 14.8 Å². The highest BCUT2D eigenvalue weighted by Gasteiger charge is 2.68. The summed E-state index contributed by atoms with van der Waals surface area (Å²) < 4.78 is 10.2. The molecule has 2 rings (SSSR count). The number of nitrogens with zero attached hydrogens (tertiary/aromatic N) is 1. The molecule has 0 heterocycles. The van der Waals surface area contributed by atoms with Gasteiger partial charge in [0.2, 0.25) is 5.91 Å². The van der Waals surface area contributed by atoms with Gasteiger partial charge in [0.05, 0.1) is 19.3 Å². The van der Waals surface area contributed by atoms with Gasteiger partial charge in [-0.2, -0.15) is 5.26 Å². The zero-order chi connectivity index (χ0) is 19.4. The molecule has 1 atom stereocenters. The molecule has 0 fully saturated rings. The largest absolute Gasteiger partial charge is 0.464 e. The number of rotatable bonds is 6. The van der Waals surface area contributed by atoms with Gasteiger partial charge in [-0.3, -0.25) is 4.79 Å². The Morgan fingerprint density at radius 1 is 1.19 bits per heavy atom. The quantitative estimate of drug-likeness (QED) is 0.609. The maximum Gasteiger partial charge on any atom is 0.345 e. The normalized spacial score (nSPS) is 18.4. The van der Waals surface area contributed by atoms with E-state index in [1.165, 1.54) is 6.92 Å². The molecular formula is C19H22N2O5. The van der Waals surface area contributed by atoms with Gasteiger partial charge in [-0.05, 0) is 37.8 Å². The Morgan fingerprint density at radius 2 is 1.77 bits per heavy atom. The molecule has 1 aliphatic carbocycles. The number of aryl methyl sites for hydroxylation is 1. The zero-order valence-electron chi connectivity index (χ0n) is 15.1. The molecule has 0 saturated heterocycles. The summed E-state index contributed by atoms with van der Waals surface area (Å²) >= 11 is 0. The van der Waals surface area contributed by atoms with E-state index in [2.05, 4.69) is 11.4 Å². The van der Waals surface area contributed by atoms with Crippen molar-refractivity contribution in [3.8, 4) is 6.07 Å². The lowest BCUT2D eigenvalue weighted by Crippen LogP contribution is -2.71. The monoisotopic (exact) mass is 358 g/mol. The highest BCUT2D eigenvalue weighted by Crippen LogP contribution is 2.47. The third kappa shape index (κ3) is 2.81. The highest BCUT2D eigenvalue weighted by molar-refractivity contribution is 6.10. The average molecular weight is 358 g/mol. The minimum absolute atomic E-state index is 0.0112. The zero-order valence-corrected chi connectivity index (χ0v) is 15.1. The van der Waals surface area contributed by atoms with Crippen LogP contribution in [-0.4, -0.2) is 36.6 Å². The number of carbonyl (C=O) groups excluding carboxylic acids is 3. The number of amides is 1. The molecule has 138 valence electrons. The summed E-state index contributed by atoms with van der Waals surface area (Å²) in [6, 6.07) is 9.22. The van der Waals surface area contributed by atoms with Crippen LogP contribution in [0.3, 0.4) is 0 Å². The molecule has 1 unspecified atom stereocenters. The van der Waals surface area contributed by atoms with Crippen LogP contribution in [0.15, 0.2) is 24.3 Å². The molecule has 0 saturated carbocycles. The summed E-state index contributed by atoms with van der Waals surface area (Å²) in [6.45, 7) is 4.33. The Hall–Kier alpha value is -2.88. The SMILES string of the molecule is CCOC(=O)C(NC(C)=O)(C(=O)OCC)C1(C#N)CCc2ccccc21. The highest BCUT2D eigenvalue weighted by atomic mass is 16.6. The van der Waals surface area contributed by atoms with E-state index in [-0.39, 0.29) is 19.6 Å². The van der Waals surface area contributed by atoms with Crippen molar-refractivity contribution in [1.82, 2.24) is 5.32 Å². The molecule has 0 spiro atoms. The Balaban J connectivity index is 2.80. The van der Waals surface area contributed by atoms with Crippen LogP contribution < -0.4 is 5.32 Å². The van der Waals surface area contributed by atoms with Crippen molar-refractivity contribution in [3.05, 3.63) is 35.4 Å². The second-order valence-corrected chi connectivity index (χ2v) is 6.05. The standard InChI is InChI=1S/C19H22N2O5/c1-4-25-16(23)19(21-13(3)22,17(24)26-5-2)18(12-20)11-10-14-8-6-7-9-15(14)18/h6-9H,4-5,10-11H2,1-3H3,(H,21,22). The first kappa shape index (κ1) is 19.4. The van der Waals surface area contributed by atoms with Crippen LogP contribution >= 0.6 is 0 Å². The molecule has 1 amide bonds. The maximum atomic E-state index is 13.0. The summed E-state index contributed by atoms with van der Waals surface area (Å²) in [5.41, 5.74) is -2.52. The van der Waals surface area contributed by atoms with E-state index in [9.17, 15) is 19.6 Å². The molecular weight excluding hydrogens is 336 g/mol. The topological polar surface area (TPSA) is 105 Å². The molecule has 26 heavy (non-hydrogen) atoms. The van der Waals surface area contributed by atoms with Crippen LogP contribution in [0, 0.1) is 11.3 Å². The minimum atomic E-state index is -2.27. The van der Waals surface area contributed by atoms with E-state index in [4.69, 9.17) is 9.47 Å². The molecule has 1 aromatic rings. The number of carbonyl (C=O) groups is 3. The number of hydrogen-bond donors (Lipinski definition) is 1. The number of benzene rings is 1. The molecule has 1 aromatic carbocycles. The lowest BCUT2D eigenvalue weighted by molar-refractivity contribution is -0.171. The van der Waals surface area contributed by atoms with E-state index < -0.39 is 28.8 Å². The van der Waals surface area contributed by atoms with Gasteiger partial charge in [0.1, 0.15) is 5.41 Å². The smallest absolute Gasteiger partial charge is 0.345 e. The van der Waals surface area contributed by atoms with Crippen molar-refractivity contribution >= 4 is 17.8 Å². The van der Waals surface area contributed by atoms with Gasteiger partial charge in [-0.1, -0.05) is 24.3 Å². The molecule has 0 aliphatic heterocycles. The summed E-state index contributed by atoms with van der Waals surface area (Å²) in [6.07, 6.45) is 0.671. The first-order valence-corrected chi connectivity index (χ1v) is 8.52. The molecule has 1 N–H and O–H groups in total. The van der Waals surface area contributed by atoms with Crippen molar-refractivity contribution < 1.29 is 23.9 Å². The van der Waals surface area contributed by atoms with Crippen molar-refractivity contribution in [3.63, 3.8) is 0 Å². The van der Waals surface area contributed by atoms with Crippen LogP contribution in [0.25, 0.3) is 0 Å². The maximum absolute atomic E-state index is 13.0. The van der Waals surface area contributed by atoms with Crippen LogP contribution in [0.2, 0.25) is 0 Å². The average Bonchev–Trinajstić information content (AvgIpc) is 3.00. The van der Waals surface area contributed by atoms with Crippen molar-refractivity contribution in [2.24, 2.45) is 0 Å². The van der Waals surface area contributed by atoms with E-state index in [1.54, 1.807) is 26.0 Å². The molecule has 0 radical (unpaired) electrons. The number of nitrogens with one attached hydrogen (secondary N) is 1. The van der Waals surface area contributed by atoms with E-state index in [0.717, 1.165) is 5.56 Å². The van der Waals surface area contributed by atoms with Crippen LogP contribution in [-0.2, 0) is 35.7 Å². The first-order chi connectivity index (χ1) is 12.4. The second kappa shape index (κ2) is 7.56. The number of esters is 2. The number of fused-ring (bicyclic) bond motifs is 1. The third-order valence-electron chi connectivity index (χ3n) is 4.60. The summed E-state index contributed by atoms with van der Waals surface area (Å²) in [5, 5.41) is 12.6. The third-order valence-corrected chi connectivity index (χ3v) is 4.60. The van der Waals surface area contributed by atoms with Gasteiger partial charge in [0.25, 0.3) is 5.54 Å². The van der Waals surface area contributed by atoms with Crippen LogP contribution in [0.5, 0.6) is 0 Å². The molecule has 7 nitrogen and oxygen atoms in total. The van der Waals surface area contributed by atoms with E-state index in [1.807, 2.05) is 12.1 Å². The Labute approximate surface area is 152 Å². The number of ether oxygens (including phenoxy) is 2. The Morgan fingerprint density at radius 3 is 2.27 bits per heavy atom. The lowest BCUT2D eigenvalue weighted by atomic mass is 9.66. The van der Waals surface area contributed by atoms with E-state index >= 15 is 0 Å². The predicted molar refractivity (Wildman–Crippen MR) is 91.9 cm³/mol. The molecule has 0 bridgehead atoms. The fourth-order valence-corrected chi connectivity index (χ4v) is 3.58. The molecule has 7 heteroatoms. The van der Waals surface area contributed by atoms with Gasteiger partial charge in [-0.25, -0.2) is 9.59 Å². The van der Waals surface area contributed by atoms with Crippen molar-refractivity contribution in [1.29, 1.82) is 5.26 Å². The lowest BCUT2D eigenvalue weighted by Gasteiger charge is -2.40. The summed E-state index contributed by atoms with van der Waals surface area (Å²) in [7, 11) is 0. The predicted octanol–water partition coefficient (Wildman–Crippen LogP) is 1.40. The summed E-state index contributed by atoms with van der Waals surface area (Å²) in [5.74, 6) is -2.62. The first-order valence-electron chi connectivity index (χ1n) is 8.52. The van der Waals surface area contributed by atoms with Crippen molar-refractivity contribution in [2.75, 3.05) is 13.2 Å².